The number of hydrogen-bond acceptors (Lipinski definition) is 4. The Bertz CT molecular complexity index is 981. The quantitative estimate of drug-likeness (QED) is 0.520. The molecule has 2 rings (SSSR count). The predicted molar refractivity (Wildman–Crippen MR) is 97.0 cm³/mol. The molecule has 0 aromatic heterocycles. The highest BCUT2D eigenvalue weighted by Crippen LogP contribution is 2.31. The number of rotatable bonds is 2. The van der Waals surface area contributed by atoms with Gasteiger partial charge in [0.25, 0.3) is 20.2 Å². The molecule has 11 heteroatoms. The van der Waals surface area contributed by atoms with Gasteiger partial charge in [0.1, 0.15) is 4.90 Å². The molecule has 0 amide bonds. The molecular weight excluding hydrogens is 435 g/mol. The van der Waals surface area contributed by atoms with Gasteiger partial charge in [0.2, 0.25) is 0 Å². The summed E-state index contributed by atoms with van der Waals surface area (Å²) in [5.74, 6) is 0. The normalized spacial score (nSPS) is 11.6. The molecule has 2 aromatic rings. The maximum Gasteiger partial charge on any atom is 0.296 e. The fourth-order valence-corrected chi connectivity index (χ4v) is 3.93. The second-order valence-corrected chi connectivity index (χ2v) is 9.00. The third-order valence-electron chi connectivity index (χ3n) is 2.75. The summed E-state index contributed by atoms with van der Waals surface area (Å²) < 4.78 is 60.1. The molecule has 138 valence electrons. The lowest BCUT2D eigenvalue weighted by Gasteiger charge is -2.02. The maximum atomic E-state index is 10.7. The summed E-state index contributed by atoms with van der Waals surface area (Å²) in [5.41, 5.74) is 1.64. The Balaban J connectivity index is 0.000000251. The van der Waals surface area contributed by atoms with Crippen molar-refractivity contribution in [3.8, 4) is 0 Å². The van der Waals surface area contributed by atoms with Gasteiger partial charge in [-0.05, 0) is 49.2 Å². The molecule has 0 unspecified atom stereocenters. The Morgan fingerprint density at radius 2 is 1.12 bits per heavy atom. The summed E-state index contributed by atoms with van der Waals surface area (Å²) in [6, 6.07) is 6.84. The molecule has 0 heterocycles. The molecule has 0 aliphatic carbocycles. The lowest BCUT2D eigenvalue weighted by atomic mass is 10.2. The molecule has 2 aromatic carbocycles. The monoisotopic (exact) mass is 446 g/mol. The Kier molecular flexibility index (Phi) is 7.29. The van der Waals surface area contributed by atoms with Crippen LogP contribution in [0.25, 0.3) is 0 Å². The molecule has 0 saturated heterocycles. The van der Waals surface area contributed by atoms with E-state index in [1.807, 2.05) is 6.07 Å². The smallest absolute Gasteiger partial charge is 0.282 e. The minimum atomic E-state index is -4.35. The van der Waals surface area contributed by atoms with Gasteiger partial charge in [-0.3, -0.25) is 9.11 Å². The van der Waals surface area contributed by atoms with Crippen LogP contribution in [-0.2, 0) is 20.2 Å². The van der Waals surface area contributed by atoms with E-state index in [1.54, 1.807) is 13.8 Å². The number of benzene rings is 2. The van der Waals surface area contributed by atoms with Gasteiger partial charge in [0.05, 0.1) is 20.0 Å². The SMILES string of the molecule is Cc1cc(C)cc(S(=O)(=O)O)c1.O=S(=O)(O)c1cc(Cl)c(Cl)cc1Cl. The second kappa shape index (κ2) is 8.22. The summed E-state index contributed by atoms with van der Waals surface area (Å²) in [6.45, 7) is 3.56. The lowest BCUT2D eigenvalue weighted by molar-refractivity contribution is 0.481. The second-order valence-electron chi connectivity index (χ2n) is 4.97. The Hall–Kier alpha value is -0.870. The number of aryl methyl sites for hydroxylation is 2. The molecular formula is C14H13Cl3O6S2. The lowest BCUT2D eigenvalue weighted by Crippen LogP contribution is -1.98. The van der Waals surface area contributed by atoms with Gasteiger partial charge in [-0.2, -0.15) is 16.8 Å². The number of hydrogen-bond donors (Lipinski definition) is 2. The molecule has 0 aliphatic heterocycles. The summed E-state index contributed by atoms with van der Waals surface area (Å²) in [7, 11) is -8.40. The van der Waals surface area contributed by atoms with E-state index in [0.717, 1.165) is 23.3 Å². The summed E-state index contributed by atoms with van der Waals surface area (Å²) in [6.07, 6.45) is 0. The van der Waals surface area contributed by atoms with E-state index in [-0.39, 0.29) is 20.0 Å². The summed E-state index contributed by atoms with van der Waals surface area (Å²) in [4.78, 5) is -0.497. The van der Waals surface area contributed by atoms with Gasteiger partial charge in [-0.25, -0.2) is 0 Å². The third kappa shape index (κ3) is 6.74. The summed E-state index contributed by atoms with van der Waals surface area (Å²) >= 11 is 16.6. The molecule has 2 N–H and O–H groups in total. The van der Waals surface area contributed by atoms with Crippen molar-refractivity contribution < 1.29 is 25.9 Å². The van der Waals surface area contributed by atoms with Crippen molar-refractivity contribution in [2.45, 2.75) is 23.6 Å². The van der Waals surface area contributed by atoms with Crippen LogP contribution in [0.5, 0.6) is 0 Å². The van der Waals surface area contributed by atoms with Gasteiger partial charge in [-0.15, -0.1) is 0 Å². The van der Waals surface area contributed by atoms with Gasteiger partial charge < -0.3 is 0 Å². The van der Waals surface area contributed by atoms with Crippen molar-refractivity contribution in [1.29, 1.82) is 0 Å². The van der Waals surface area contributed by atoms with E-state index >= 15 is 0 Å². The average molecular weight is 448 g/mol. The topological polar surface area (TPSA) is 109 Å². The maximum absolute atomic E-state index is 10.7. The first-order chi connectivity index (χ1) is 11.2. The predicted octanol–water partition coefficient (Wildman–Crippen LogP) is 4.44. The zero-order valence-electron chi connectivity index (χ0n) is 12.9. The Morgan fingerprint density at radius 1 is 0.680 bits per heavy atom. The first kappa shape index (κ1) is 22.2. The third-order valence-corrected chi connectivity index (χ3v) is 5.62. The van der Waals surface area contributed by atoms with Crippen LogP contribution in [0.2, 0.25) is 15.1 Å². The molecule has 6 nitrogen and oxygen atoms in total. The van der Waals surface area contributed by atoms with E-state index < -0.39 is 25.1 Å². The Morgan fingerprint density at radius 3 is 1.52 bits per heavy atom. The first-order valence-electron chi connectivity index (χ1n) is 6.39. The molecule has 0 fully saturated rings. The molecule has 25 heavy (non-hydrogen) atoms. The van der Waals surface area contributed by atoms with E-state index in [2.05, 4.69) is 0 Å². The molecule has 0 radical (unpaired) electrons. The number of halogens is 3. The Labute approximate surface area is 160 Å². The van der Waals surface area contributed by atoms with Crippen LogP contribution in [0.1, 0.15) is 11.1 Å². The van der Waals surface area contributed by atoms with Crippen molar-refractivity contribution in [1.82, 2.24) is 0 Å². The van der Waals surface area contributed by atoms with E-state index in [1.165, 1.54) is 12.1 Å². The first-order valence-corrected chi connectivity index (χ1v) is 10.4. The van der Waals surface area contributed by atoms with Crippen molar-refractivity contribution in [3.05, 3.63) is 56.5 Å². The van der Waals surface area contributed by atoms with Crippen LogP contribution >= 0.6 is 34.8 Å². The van der Waals surface area contributed by atoms with Gasteiger partial charge >= 0.3 is 0 Å². The van der Waals surface area contributed by atoms with E-state index in [0.29, 0.717) is 0 Å². The largest absolute Gasteiger partial charge is 0.296 e. The standard InChI is InChI=1S/C8H10O3S.C6H3Cl3O3S/c1-6-3-7(2)5-8(4-6)12(9,10)11;7-3-1-5(9)6(2-4(3)8)13(10,11)12/h3-5H,1-2H3,(H,9,10,11);1-2H,(H,10,11,12). The van der Waals surface area contributed by atoms with E-state index in [9.17, 15) is 16.8 Å². The van der Waals surface area contributed by atoms with Crippen LogP contribution in [0.4, 0.5) is 0 Å². The molecule has 0 aliphatic rings. The van der Waals surface area contributed by atoms with Crippen LogP contribution < -0.4 is 0 Å². The zero-order chi connectivity index (χ0) is 19.6. The highest BCUT2D eigenvalue weighted by atomic mass is 35.5. The van der Waals surface area contributed by atoms with Crippen LogP contribution in [0.15, 0.2) is 40.1 Å². The zero-order valence-corrected chi connectivity index (χ0v) is 16.8. The van der Waals surface area contributed by atoms with Crippen molar-refractivity contribution in [2.75, 3.05) is 0 Å². The highest BCUT2D eigenvalue weighted by Gasteiger charge is 2.16. The fourth-order valence-electron chi connectivity index (χ4n) is 1.78. The highest BCUT2D eigenvalue weighted by molar-refractivity contribution is 7.86. The molecule has 0 atom stereocenters. The van der Waals surface area contributed by atoms with Crippen LogP contribution in [0.3, 0.4) is 0 Å². The van der Waals surface area contributed by atoms with Crippen LogP contribution in [-0.4, -0.2) is 25.9 Å². The molecule has 0 saturated carbocycles. The molecule has 0 spiro atoms. The van der Waals surface area contributed by atoms with Gasteiger partial charge in [0, 0.05) is 0 Å². The summed E-state index contributed by atoms with van der Waals surface area (Å²) in [5, 5.41) is -0.0327. The van der Waals surface area contributed by atoms with Crippen molar-refractivity contribution in [2.24, 2.45) is 0 Å². The minimum absolute atomic E-state index is 0.0127. The van der Waals surface area contributed by atoms with Gasteiger partial charge in [0.15, 0.2) is 0 Å². The average Bonchev–Trinajstić information content (AvgIpc) is 2.40. The minimum Gasteiger partial charge on any atom is -0.282 e. The van der Waals surface area contributed by atoms with E-state index in [4.69, 9.17) is 43.9 Å². The molecule has 0 bridgehead atoms. The van der Waals surface area contributed by atoms with Crippen molar-refractivity contribution >= 4 is 55.0 Å². The van der Waals surface area contributed by atoms with Gasteiger partial charge in [-0.1, -0.05) is 40.9 Å². The van der Waals surface area contributed by atoms with Crippen LogP contribution in [0, 0.1) is 13.8 Å². The fraction of sp³-hybridized carbons (Fsp3) is 0.143. The van der Waals surface area contributed by atoms with Crippen molar-refractivity contribution in [3.63, 3.8) is 0 Å².